The lowest BCUT2D eigenvalue weighted by Crippen LogP contribution is -2.39. The Labute approximate surface area is 164 Å². The molecule has 1 saturated carbocycles. The summed E-state index contributed by atoms with van der Waals surface area (Å²) in [5.74, 6) is -0.421. The van der Waals surface area contributed by atoms with E-state index in [0.717, 1.165) is 38.8 Å². The number of methoxy groups -OCH3 is 1. The Kier molecular flexibility index (Phi) is 8.76. The van der Waals surface area contributed by atoms with Crippen LogP contribution in [0, 0.1) is 0 Å². The average molecular weight is 395 g/mol. The fraction of sp³-hybridized carbons (Fsp3) is 0.684. The summed E-state index contributed by atoms with van der Waals surface area (Å²) in [6.45, 7) is 2.21. The van der Waals surface area contributed by atoms with Crippen molar-refractivity contribution >= 4 is 23.4 Å². The van der Waals surface area contributed by atoms with E-state index in [2.05, 4.69) is 4.90 Å². The molecule has 0 aromatic heterocycles. The first-order chi connectivity index (χ1) is 12.9. The average Bonchev–Trinajstić information content (AvgIpc) is 2.66. The zero-order valence-electron chi connectivity index (χ0n) is 16.4. The van der Waals surface area contributed by atoms with Crippen molar-refractivity contribution in [3.63, 3.8) is 0 Å². The molecule has 1 aromatic carbocycles. The summed E-state index contributed by atoms with van der Waals surface area (Å²) in [6.07, 6.45) is 6.04. The summed E-state index contributed by atoms with van der Waals surface area (Å²) in [7, 11) is 5.54. The Balaban J connectivity index is 1.64. The Morgan fingerprint density at radius 2 is 1.74 bits per heavy atom. The van der Waals surface area contributed by atoms with E-state index in [-0.39, 0.29) is 11.5 Å². The van der Waals surface area contributed by atoms with Gasteiger partial charge in [-0.2, -0.15) is 8.42 Å². The van der Waals surface area contributed by atoms with Crippen molar-refractivity contribution in [3.8, 4) is 0 Å². The fourth-order valence-electron chi connectivity index (χ4n) is 3.20. The summed E-state index contributed by atoms with van der Waals surface area (Å²) in [5.41, 5.74) is 0.515. The van der Waals surface area contributed by atoms with Gasteiger partial charge in [0, 0.05) is 33.0 Å². The maximum absolute atomic E-state index is 12.1. The molecule has 0 heterocycles. The van der Waals surface area contributed by atoms with Gasteiger partial charge in [-0.1, -0.05) is 24.0 Å². The Morgan fingerprint density at radius 3 is 2.37 bits per heavy atom. The van der Waals surface area contributed by atoms with Crippen LogP contribution < -0.4 is 5.46 Å². The molecule has 0 unspecified atom stereocenters. The molecule has 0 saturated heterocycles. The van der Waals surface area contributed by atoms with Gasteiger partial charge < -0.3 is 14.4 Å². The number of rotatable bonds is 11. The van der Waals surface area contributed by atoms with Crippen molar-refractivity contribution in [2.45, 2.75) is 49.2 Å². The molecule has 27 heavy (non-hydrogen) atoms. The number of nitrogens with zero attached hydrogens (tertiary/aromatic N) is 1. The second-order valence-electron chi connectivity index (χ2n) is 7.03. The van der Waals surface area contributed by atoms with Gasteiger partial charge in [0.25, 0.3) is 10.1 Å². The summed E-state index contributed by atoms with van der Waals surface area (Å²) in [5, 5.41) is 0. The van der Waals surface area contributed by atoms with Gasteiger partial charge in [-0.15, -0.1) is 0 Å². The first-order valence-corrected chi connectivity index (χ1v) is 10.9. The molecule has 0 aliphatic heterocycles. The zero-order valence-corrected chi connectivity index (χ0v) is 17.2. The normalized spacial score (nSPS) is 17.3. The lowest BCUT2D eigenvalue weighted by Gasteiger charge is -2.36. The van der Waals surface area contributed by atoms with E-state index < -0.39 is 15.9 Å². The molecule has 6 nitrogen and oxygen atoms in total. The highest BCUT2D eigenvalue weighted by molar-refractivity contribution is 7.86. The highest BCUT2D eigenvalue weighted by Crippen LogP contribution is 2.31. The molecule has 8 heteroatoms. The highest BCUT2D eigenvalue weighted by atomic mass is 32.2. The van der Waals surface area contributed by atoms with Crippen LogP contribution in [0.5, 0.6) is 0 Å². The third kappa shape index (κ3) is 7.20. The van der Waals surface area contributed by atoms with Crippen LogP contribution in [-0.4, -0.2) is 67.4 Å². The molecule has 1 fully saturated rings. The quantitative estimate of drug-likeness (QED) is 0.247. The van der Waals surface area contributed by atoms with Gasteiger partial charge in [-0.3, -0.25) is 4.18 Å². The molecule has 150 valence electrons. The molecule has 2 radical (unpaired) electrons. The first kappa shape index (κ1) is 22.4. The highest BCUT2D eigenvalue weighted by Gasteiger charge is 2.32. The second-order valence-corrected chi connectivity index (χ2v) is 8.64. The minimum absolute atomic E-state index is 0.121. The Morgan fingerprint density at radius 1 is 1.07 bits per heavy atom. The monoisotopic (exact) mass is 395 g/mol. The smallest absolute Gasteiger partial charge is 0.296 e. The van der Waals surface area contributed by atoms with Crippen LogP contribution in [0.25, 0.3) is 0 Å². The number of ether oxygens (including phenoxy) is 2. The van der Waals surface area contributed by atoms with E-state index in [1.165, 1.54) is 18.6 Å². The molecule has 0 amide bonds. The van der Waals surface area contributed by atoms with Gasteiger partial charge >= 0.3 is 0 Å². The van der Waals surface area contributed by atoms with Crippen molar-refractivity contribution in [2.75, 3.05) is 40.5 Å². The van der Waals surface area contributed by atoms with E-state index >= 15 is 0 Å². The number of likely N-dealkylation sites (N-methyl/N-ethyl adjacent to an activating group) is 1. The van der Waals surface area contributed by atoms with Gasteiger partial charge in [-0.05, 0) is 38.4 Å². The number of hydrogen-bond donors (Lipinski definition) is 0. The molecule has 1 aliphatic rings. The van der Waals surface area contributed by atoms with Gasteiger partial charge in [-0.25, -0.2) is 0 Å². The van der Waals surface area contributed by atoms with Crippen LogP contribution in [-0.2, 0) is 23.8 Å². The van der Waals surface area contributed by atoms with Crippen LogP contribution in [0.15, 0.2) is 29.2 Å². The SMILES string of the molecule is [B]c1ccc(S(=O)(=O)OCCCN(C)CCOC2(OC)CCCCC2)cc1. The predicted molar refractivity (Wildman–Crippen MR) is 106 cm³/mol. The van der Waals surface area contributed by atoms with Crippen LogP contribution in [0.1, 0.15) is 38.5 Å². The maximum Gasteiger partial charge on any atom is 0.296 e. The summed E-state index contributed by atoms with van der Waals surface area (Å²) < 4.78 is 40.9. The molecular weight excluding hydrogens is 365 g/mol. The van der Waals surface area contributed by atoms with E-state index in [1.807, 2.05) is 7.05 Å². The van der Waals surface area contributed by atoms with Crippen LogP contribution in [0.2, 0.25) is 0 Å². The number of hydrogen-bond acceptors (Lipinski definition) is 6. The van der Waals surface area contributed by atoms with Gasteiger partial charge in [0.2, 0.25) is 0 Å². The minimum atomic E-state index is -3.73. The van der Waals surface area contributed by atoms with Crippen molar-refractivity contribution in [1.29, 1.82) is 0 Å². The maximum atomic E-state index is 12.1. The van der Waals surface area contributed by atoms with Gasteiger partial charge in [0.15, 0.2) is 5.79 Å². The van der Waals surface area contributed by atoms with E-state index in [4.69, 9.17) is 21.5 Å². The molecule has 0 atom stereocenters. The number of benzene rings is 1. The molecule has 0 spiro atoms. The summed E-state index contributed by atoms with van der Waals surface area (Å²) >= 11 is 0. The van der Waals surface area contributed by atoms with E-state index in [0.29, 0.717) is 18.5 Å². The lowest BCUT2D eigenvalue weighted by atomic mass is 9.94. The Hall–Kier alpha value is -0.925. The molecule has 0 bridgehead atoms. The van der Waals surface area contributed by atoms with Crippen molar-refractivity contribution in [2.24, 2.45) is 0 Å². The van der Waals surface area contributed by atoms with Gasteiger partial charge in [0.05, 0.1) is 18.1 Å². The predicted octanol–water partition coefficient (Wildman–Crippen LogP) is 1.83. The Bertz CT molecular complexity index is 659. The summed E-state index contributed by atoms with van der Waals surface area (Å²) in [6, 6.07) is 5.99. The molecule has 1 aromatic rings. The van der Waals surface area contributed by atoms with E-state index in [9.17, 15) is 8.42 Å². The molecular formula is C19H30BNO5S. The minimum Gasteiger partial charge on any atom is -0.353 e. The molecule has 0 N–H and O–H groups in total. The van der Waals surface area contributed by atoms with Gasteiger partial charge in [0.1, 0.15) is 7.85 Å². The van der Waals surface area contributed by atoms with Crippen LogP contribution in [0.4, 0.5) is 0 Å². The van der Waals surface area contributed by atoms with Crippen molar-refractivity contribution < 1.29 is 22.1 Å². The third-order valence-electron chi connectivity index (χ3n) is 4.92. The second kappa shape index (κ2) is 10.6. The van der Waals surface area contributed by atoms with Crippen LogP contribution >= 0.6 is 0 Å². The summed E-state index contributed by atoms with van der Waals surface area (Å²) in [4.78, 5) is 2.22. The topological polar surface area (TPSA) is 65.1 Å². The van der Waals surface area contributed by atoms with E-state index in [1.54, 1.807) is 19.2 Å². The molecule has 2 rings (SSSR count). The van der Waals surface area contributed by atoms with Crippen LogP contribution in [0.3, 0.4) is 0 Å². The van der Waals surface area contributed by atoms with Crippen molar-refractivity contribution in [3.05, 3.63) is 24.3 Å². The first-order valence-electron chi connectivity index (χ1n) is 9.49. The largest absolute Gasteiger partial charge is 0.353 e. The molecule has 1 aliphatic carbocycles. The zero-order chi connectivity index (χ0) is 19.8. The van der Waals surface area contributed by atoms with Crippen molar-refractivity contribution in [1.82, 2.24) is 4.90 Å². The fourth-order valence-corrected chi connectivity index (χ4v) is 4.15. The third-order valence-corrected chi connectivity index (χ3v) is 6.24. The lowest BCUT2D eigenvalue weighted by molar-refractivity contribution is -0.239. The standard InChI is InChI=1S/C19H30BNO5S/c1-21(14-16-25-19(24-2)11-4-3-5-12-19)13-6-15-26-27(22,23)18-9-7-17(20)8-10-18/h7-10H,3-6,11-16H2,1-2H3.